The van der Waals surface area contributed by atoms with Gasteiger partial charge in [0.25, 0.3) is 0 Å². The van der Waals surface area contributed by atoms with Crippen LogP contribution in [0.1, 0.15) is 135 Å². The molecule has 0 radical (unpaired) electrons. The lowest BCUT2D eigenvalue weighted by Gasteiger charge is -2.05. The molecule has 0 saturated heterocycles. The van der Waals surface area contributed by atoms with Gasteiger partial charge in [-0.15, -0.1) is 0 Å². The Labute approximate surface area is 239 Å². The zero-order chi connectivity index (χ0) is 27.8. The van der Waals surface area contributed by atoms with E-state index in [1.165, 1.54) is 64.2 Å². The van der Waals surface area contributed by atoms with Gasteiger partial charge in [-0.2, -0.15) is 0 Å². The molecule has 0 aliphatic heterocycles. The van der Waals surface area contributed by atoms with Gasteiger partial charge in [0, 0.05) is 30.2 Å². The van der Waals surface area contributed by atoms with Crippen molar-refractivity contribution in [2.75, 3.05) is 0 Å². The molecule has 0 heterocycles. The van der Waals surface area contributed by atoms with E-state index in [1.807, 2.05) is 30.5 Å². The molecule has 0 aromatic heterocycles. The first-order chi connectivity index (χ1) is 19.2. The number of nitrogens with zero attached hydrogens (tertiary/aromatic N) is 2. The standard InChI is InChI=1S/C37H50N2/c1-4-7-10-11-12-13-14-15-16-17-20-27-37(39-36-29-22-26-34(31-36)24-19-9-6-3)32-38-35-28-21-25-33(30-35)23-18-8-5-2/h21-22,25-26,28-32H,4-17,20,27H2,1-3H3. The molecule has 2 heteroatoms. The number of aliphatic imine (C=N–C) groups is 2. The van der Waals surface area contributed by atoms with Gasteiger partial charge in [-0.3, -0.25) is 9.98 Å². The summed E-state index contributed by atoms with van der Waals surface area (Å²) in [6.45, 7) is 6.59. The van der Waals surface area contributed by atoms with E-state index in [0.29, 0.717) is 0 Å². The van der Waals surface area contributed by atoms with Crippen LogP contribution < -0.4 is 0 Å². The molecule has 0 spiro atoms. The molecule has 2 aromatic carbocycles. The summed E-state index contributed by atoms with van der Waals surface area (Å²) in [6, 6.07) is 16.4. The Morgan fingerprint density at radius 2 is 1.13 bits per heavy atom. The van der Waals surface area contributed by atoms with Gasteiger partial charge in [0.15, 0.2) is 0 Å². The summed E-state index contributed by atoms with van der Waals surface area (Å²) in [5.74, 6) is 13.0. The van der Waals surface area contributed by atoms with Crippen molar-refractivity contribution in [3.8, 4) is 23.7 Å². The molecule has 0 fully saturated rings. The lowest BCUT2D eigenvalue weighted by molar-refractivity contribution is 0.552. The molecular formula is C37H50N2. The number of rotatable bonds is 17. The summed E-state index contributed by atoms with van der Waals surface area (Å²) >= 11 is 0. The fraction of sp³-hybridized carbons (Fsp3) is 0.514. The lowest BCUT2D eigenvalue weighted by Crippen LogP contribution is -2.00. The van der Waals surface area contributed by atoms with Gasteiger partial charge < -0.3 is 0 Å². The summed E-state index contributed by atoms with van der Waals surface area (Å²) in [4.78, 5) is 9.79. The van der Waals surface area contributed by atoms with Crippen molar-refractivity contribution in [1.29, 1.82) is 0 Å². The predicted octanol–water partition coefficient (Wildman–Crippen LogP) is 11.2. The first-order valence-corrected chi connectivity index (χ1v) is 15.5. The van der Waals surface area contributed by atoms with Crippen LogP contribution in [-0.2, 0) is 0 Å². The van der Waals surface area contributed by atoms with Crippen molar-refractivity contribution in [3.05, 3.63) is 59.7 Å². The number of hydrogen-bond donors (Lipinski definition) is 0. The monoisotopic (exact) mass is 522 g/mol. The maximum Gasteiger partial charge on any atom is 0.0646 e. The minimum atomic E-state index is 0.920. The normalized spacial score (nSPS) is 11.2. The van der Waals surface area contributed by atoms with E-state index < -0.39 is 0 Å². The highest BCUT2D eigenvalue weighted by Crippen LogP contribution is 2.18. The highest BCUT2D eigenvalue weighted by atomic mass is 14.8. The zero-order valence-electron chi connectivity index (χ0n) is 24.9. The zero-order valence-corrected chi connectivity index (χ0v) is 24.9. The van der Waals surface area contributed by atoms with Crippen LogP contribution in [0.15, 0.2) is 58.5 Å². The molecule has 0 aliphatic carbocycles. The number of unbranched alkanes of at least 4 members (excludes halogenated alkanes) is 12. The molecule has 0 aliphatic rings. The number of benzene rings is 2. The largest absolute Gasteiger partial charge is 0.255 e. The van der Waals surface area contributed by atoms with Gasteiger partial charge in [0.05, 0.1) is 17.1 Å². The molecule has 0 bridgehead atoms. The van der Waals surface area contributed by atoms with Gasteiger partial charge in [-0.1, -0.05) is 121 Å². The molecule has 208 valence electrons. The van der Waals surface area contributed by atoms with Crippen molar-refractivity contribution in [1.82, 2.24) is 0 Å². The summed E-state index contributed by atoms with van der Waals surface area (Å²) in [6.07, 6.45) is 21.6. The minimum absolute atomic E-state index is 0.920. The maximum absolute atomic E-state index is 5.00. The molecule has 0 unspecified atom stereocenters. The maximum atomic E-state index is 5.00. The van der Waals surface area contributed by atoms with E-state index in [1.54, 1.807) is 0 Å². The highest BCUT2D eigenvalue weighted by molar-refractivity contribution is 6.31. The predicted molar refractivity (Wildman–Crippen MR) is 173 cm³/mol. The lowest BCUT2D eigenvalue weighted by atomic mass is 10.0. The number of hydrogen-bond acceptors (Lipinski definition) is 2. The van der Waals surface area contributed by atoms with Crippen molar-refractivity contribution in [2.45, 2.75) is 124 Å². The second-order valence-electron chi connectivity index (χ2n) is 10.4. The van der Waals surface area contributed by atoms with Crippen LogP contribution in [0.5, 0.6) is 0 Å². The van der Waals surface area contributed by atoms with E-state index in [-0.39, 0.29) is 0 Å². The SMILES string of the molecule is CCCC#Cc1cccc(N=CC(CCCCCCCCCCCCC)=Nc2cccc(C#CCCC)c2)c1. The third-order valence-corrected chi connectivity index (χ3v) is 6.58. The molecule has 2 aromatic rings. The summed E-state index contributed by atoms with van der Waals surface area (Å²) in [5.41, 5.74) is 4.92. The average molecular weight is 523 g/mol. The topological polar surface area (TPSA) is 24.7 Å². The van der Waals surface area contributed by atoms with Crippen LogP contribution in [-0.4, -0.2) is 11.9 Å². The third kappa shape index (κ3) is 15.8. The van der Waals surface area contributed by atoms with E-state index in [0.717, 1.165) is 66.7 Å². The van der Waals surface area contributed by atoms with Crippen molar-refractivity contribution in [3.63, 3.8) is 0 Å². The molecule has 2 rings (SSSR count). The molecule has 0 saturated carbocycles. The van der Waals surface area contributed by atoms with Crippen molar-refractivity contribution in [2.24, 2.45) is 9.98 Å². The highest BCUT2D eigenvalue weighted by Gasteiger charge is 2.01. The molecule has 0 N–H and O–H groups in total. The smallest absolute Gasteiger partial charge is 0.0646 e. The fourth-order valence-electron chi connectivity index (χ4n) is 4.33. The summed E-state index contributed by atoms with van der Waals surface area (Å²) in [7, 11) is 0. The van der Waals surface area contributed by atoms with Gasteiger partial charge >= 0.3 is 0 Å². The van der Waals surface area contributed by atoms with Crippen molar-refractivity contribution >= 4 is 23.3 Å². The minimum Gasteiger partial charge on any atom is -0.255 e. The third-order valence-electron chi connectivity index (χ3n) is 6.58. The Bertz CT molecular complexity index is 1120. The van der Waals surface area contributed by atoms with Crippen LogP contribution in [0.3, 0.4) is 0 Å². The molecule has 39 heavy (non-hydrogen) atoms. The van der Waals surface area contributed by atoms with E-state index in [9.17, 15) is 0 Å². The van der Waals surface area contributed by atoms with Gasteiger partial charge in [-0.05, 0) is 62.1 Å². The first kappa shape index (κ1) is 32.1. The molecule has 0 atom stereocenters. The van der Waals surface area contributed by atoms with Gasteiger partial charge in [-0.25, -0.2) is 0 Å². The van der Waals surface area contributed by atoms with Crippen LogP contribution in [0.25, 0.3) is 0 Å². The van der Waals surface area contributed by atoms with Crippen LogP contribution >= 0.6 is 0 Å². The fourth-order valence-corrected chi connectivity index (χ4v) is 4.33. The first-order valence-electron chi connectivity index (χ1n) is 15.5. The Kier molecular flexibility index (Phi) is 17.9. The molecular weight excluding hydrogens is 472 g/mol. The van der Waals surface area contributed by atoms with Crippen LogP contribution in [0.2, 0.25) is 0 Å². The summed E-state index contributed by atoms with van der Waals surface area (Å²) < 4.78 is 0. The Balaban J connectivity index is 2.00. The van der Waals surface area contributed by atoms with Gasteiger partial charge in [0.1, 0.15) is 0 Å². The van der Waals surface area contributed by atoms with Crippen LogP contribution in [0, 0.1) is 23.7 Å². The molecule has 0 amide bonds. The second kappa shape index (κ2) is 21.8. The Morgan fingerprint density at radius 3 is 1.69 bits per heavy atom. The summed E-state index contributed by atoms with van der Waals surface area (Å²) in [5, 5.41) is 0. The Hall–Kier alpha value is -3.10. The second-order valence-corrected chi connectivity index (χ2v) is 10.4. The van der Waals surface area contributed by atoms with Crippen LogP contribution in [0.4, 0.5) is 11.4 Å². The van der Waals surface area contributed by atoms with Gasteiger partial charge in [0.2, 0.25) is 0 Å². The van der Waals surface area contributed by atoms with E-state index in [4.69, 9.17) is 9.98 Å². The molecule has 2 nitrogen and oxygen atoms in total. The van der Waals surface area contributed by atoms with E-state index in [2.05, 4.69) is 68.7 Å². The average Bonchev–Trinajstić information content (AvgIpc) is 2.95. The quantitative estimate of drug-likeness (QED) is 0.112. The Morgan fingerprint density at radius 1 is 0.615 bits per heavy atom. The van der Waals surface area contributed by atoms with E-state index >= 15 is 0 Å². The van der Waals surface area contributed by atoms with Crippen molar-refractivity contribution < 1.29 is 0 Å².